The maximum absolute atomic E-state index is 12.1. The maximum Gasteiger partial charge on any atom is 0.238 e. The van der Waals surface area contributed by atoms with Crippen molar-refractivity contribution in [2.24, 2.45) is 0 Å². The molecule has 3 nitrogen and oxygen atoms in total. The molecule has 1 heterocycles. The highest BCUT2D eigenvalue weighted by Gasteiger charge is 2.39. The van der Waals surface area contributed by atoms with Crippen LogP contribution in [0.4, 0.5) is 0 Å². The summed E-state index contributed by atoms with van der Waals surface area (Å²) in [6.45, 7) is 4.63. The average molecular weight is 285 g/mol. The Labute approximate surface area is 117 Å². The Hall–Kier alpha value is -0.710. The number of thioether (sulfide) groups is 1. The van der Waals surface area contributed by atoms with E-state index < -0.39 is 0 Å². The smallest absolute Gasteiger partial charge is 0.238 e. The van der Waals surface area contributed by atoms with Gasteiger partial charge in [-0.2, -0.15) is 0 Å². The van der Waals surface area contributed by atoms with Crippen LogP contribution in [0.5, 0.6) is 0 Å². The summed E-state index contributed by atoms with van der Waals surface area (Å²) in [5, 5.41) is 6.84. The summed E-state index contributed by atoms with van der Waals surface area (Å²) in [4.78, 5) is 12.1. The van der Waals surface area contributed by atoms with Gasteiger partial charge in [-0.1, -0.05) is 29.8 Å². The van der Waals surface area contributed by atoms with Crippen LogP contribution in [0.3, 0.4) is 0 Å². The van der Waals surface area contributed by atoms with Gasteiger partial charge in [0.1, 0.15) is 6.04 Å². The largest absolute Gasteiger partial charge is 0.351 e. The molecule has 0 unspecified atom stereocenters. The first-order chi connectivity index (χ1) is 8.50. The third-order valence-corrected chi connectivity index (χ3v) is 4.76. The Morgan fingerprint density at radius 2 is 2.28 bits per heavy atom. The number of nitrogens with one attached hydrogen (secondary N) is 2. The van der Waals surface area contributed by atoms with Crippen molar-refractivity contribution in [1.29, 1.82) is 0 Å². The van der Waals surface area contributed by atoms with Gasteiger partial charge in [0.05, 0.1) is 0 Å². The molecule has 18 heavy (non-hydrogen) atoms. The Morgan fingerprint density at radius 1 is 1.56 bits per heavy atom. The van der Waals surface area contributed by atoms with Gasteiger partial charge in [0.25, 0.3) is 0 Å². The van der Waals surface area contributed by atoms with Gasteiger partial charge in [0, 0.05) is 22.2 Å². The van der Waals surface area contributed by atoms with E-state index in [0.29, 0.717) is 11.6 Å². The highest BCUT2D eigenvalue weighted by Crippen LogP contribution is 2.32. The summed E-state index contributed by atoms with van der Waals surface area (Å²) in [6.07, 6.45) is 0. The average Bonchev–Trinajstić information content (AvgIpc) is 2.67. The van der Waals surface area contributed by atoms with Crippen LogP contribution in [0.2, 0.25) is 5.02 Å². The van der Waals surface area contributed by atoms with Crippen molar-refractivity contribution in [1.82, 2.24) is 10.6 Å². The van der Waals surface area contributed by atoms with E-state index in [0.717, 1.165) is 11.4 Å². The second kappa shape index (κ2) is 5.51. The number of rotatable bonds is 3. The highest BCUT2D eigenvalue weighted by molar-refractivity contribution is 8.00. The lowest BCUT2D eigenvalue weighted by Crippen LogP contribution is -2.49. The molecule has 1 aliphatic rings. The van der Waals surface area contributed by atoms with Crippen LogP contribution < -0.4 is 10.6 Å². The number of hydrogen-bond donors (Lipinski definition) is 2. The highest BCUT2D eigenvalue weighted by atomic mass is 35.5. The standard InChI is InChI=1S/C13H17ClN2OS/c1-13(2)11(16-8-18-13)12(17)15-7-9-5-3-4-6-10(9)14/h3-6,11,16H,7-8H2,1-2H3,(H,15,17)/t11-/m1/s1. The molecular formula is C13H17ClN2OS. The van der Waals surface area contributed by atoms with Crippen LogP contribution in [0.1, 0.15) is 19.4 Å². The third kappa shape index (κ3) is 2.99. The number of carbonyl (C=O) groups excluding carboxylic acids is 1. The van der Waals surface area contributed by atoms with E-state index in [1.807, 2.05) is 24.3 Å². The fourth-order valence-electron chi connectivity index (χ4n) is 1.97. The topological polar surface area (TPSA) is 41.1 Å². The van der Waals surface area contributed by atoms with E-state index in [-0.39, 0.29) is 16.7 Å². The van der Waals surface area contributed by atoms with Gasteiger partial charge < -0.3 is 5.32 Å². The lowest BCUT2D eigenvalue weighted by atomic mass is 10.0. The minimum absolute atomic E-state index is 0.0323. The molecule has 5 heteroatoms. The minimum atomic E-state index is -0.148. The van der Waals surface area contributed by atoms with Gasteiger partial charge in [-0.25, -0.2) is 0 Å². The number of hydrogen-bond acceptors (Lipinski definition) is 3. The summed E-state index contributed by atoms with van der Waals surface area (Å²) in [7, 11) is 0. The van der Waals surface area contributed by atoms with Crippen LogP contribution in [-0.2, 0) is 11.3 Å². The molecule has 0 saturated carbocycles. The van der Waals surface area contributed by atoms with Crippen molar-refractivity contribution in [3.05, 3.63) is 34.9 Å². The van der Waals surface area contributed by atoms with Gasteiger partial charge in [-0.05, 0) is 25.5 Å². The molecular weight excluding hydrogens is 268 g/mol. The first-order valence-electron chi connectivity index (χ1n) is 5.89. The Morgan fingerprint density at radius 3 is 2.89 bits per heavy atom. The molecule has 1 aromatic carbocycles. The molecule has 1 aliphatic heterocycles. The molecule has 1 fully saturated rings. The molecule has 0 bridgehead atoms. The van der Waals surface area contributed by atoms with Gasteiger partial charge >= 0.3 is 0 Å². The summed E-state index contributed by atoms with van der Waals surface area (Å²) in [5.74, 6) is 0.849. The SMILES string of the molecule is CC1(C)SCN[C@@H]1C(=O)NCc1ccccc1Cl. The maximum atomic E-state index is 12.1. The molecule has 2 rings (SSSR count). The van der Waals surface area contributed by atoms with Crippen LogP contribution in [0.15, 0.2) is 24.3 Å². The summed E-state index contributed by atoms with van der Waals surface area (Å²) in [6, 6.07) is 7.40. The van der Waals surface area contributed by atoms with Crippen molar-refractivity contribution >= 4 is 29.3 Å². The molecule has 0 aromatic heterocycles. The zero-order valence-electron chi connectivity index (χ0n) is 10.5. The summed E-state index contributed by atoms with van der Waals surface area (Å²) in [5.41, 5.74) is 0.941. The quantitative estimate of drug-likeness (QED) is 0.896. The van der Waals surface area contributed by atoms with E-state index >= 15 is 0 Å². The van der Waals surface area contributed by atoms with Crippen molar-refractivity contribution < 1.29 is 4.79 Å². The lowest BCUT2D eigenvalue weighted by molar-refractivity contribution is -0.123. The normalized spacial score (nSPS) is 21.8. The molecule has 0 spiro atoms. The van der Waals surface area contributed by atoms with Crippen LogP contribution in [0, 0.1) is 0 Å². The zero-order valence-corrected chi connectivity index (χ0v) is 12.1. The Bertz CT molecular complexity index is 450. The molecule has 0 radical (unpaired) electrons. The predicted octanol–water partition coefficient (Wildman–Crippen LogP) is 2.40. The first kappa shape index (κ1) is 13.7. The molecule has 1 amide bonds. The molecule has 1 saturated heterocycles. The second-order valence-corrected chi connectivity index (χ2v) is 6.88. The van der Waals surface area contributed by atoms with Crippen LogP contribution >= 0.6 is 23.4 Å². The fraction of sp³-hybridized carbons (Fsp3) is 0.462. The molecule has 0 aliphatic carbocycles. The van der Waals surface area contributed by atoms with Crippen molar-refractivity contribution in [2.75, 3.05) is 5.88 Å². The molecule has 1 aromatic rings. The summed E-state index contributed by atoms with van der Waals surface area (Å²) >= 11 is 7.82. The number of amides is 1. The number of benzene rings is 1. The van der Waals surface area contributed by atoms with Crippen molar-refractivity contribution in [3.8, 4) is 0 Å². The predicted molar refractivity (Wildman–Crippen MR) is 76.8 cm³/mol. The third-order valence-electron chi connectivity index (χ3n) is 3.10. The van der Waals surface area contributed by atoms with E-state index in [9.17, 15) is 4.79 Å². The zero-order chi connectivity index (χ0) is 13.2. The molecule has 98 valence electrons. The number of carbonyl (C=O) groups is 1. The molecule has 1 atom stereocenters. The van der Waals surface area contributed by atoms with Crippen LogP contribution in [0.25, 0.3) is 0 Å². The van der Waals surface area contributed by atoms with E-state index in [1.165, 1.54) is 0 Å². The van der Waals surface area contributed by atoms with E-state index in [4.69, 9.17) is 11.6 Å². The number of halogens is 1. The van der Waals surface area contributed by atoms with Crippen molar-refractivity contribution in [3.63, 3.8) is 0 Å². The molecule has 2 N–H and O–H groups in total. The van der Waals surface area contributed by atoms with Crippen LogP contribution in [-0.4, -0.2) is 22.6 Å². The summed E-state index contributed by atoms with van der Waals surface area (Å²) < 4.78 is -0.0649. The Kier molecular flexibility index (Phi) is 4.20. The second-order valence-electron chi connectivity index (χ2n) is 4.84. The minimum Gasteiger partial charge on any atom is -0.351 e. The van der Waals surface area contributed by atoms with Gasteiger partial charge in [0.15, 0.2) is 0 Å². The Balaban J connectivity index is 1.95. The van der Waals surface area contributed by atoms with Gasteiger partial charge in [-0.3, -0.25) is 10.1 Å². The fourth-order valence-corrected chi connectivity index (χ4v) is 3.16. The van der Waals surface area contributed by atoms with Crippen molar-refractivity contribution in [2.45, 2.75) is 31.2 Å². The lowest BCUT2D eigenvalue weighted by Gasteiger charge is -2.24. The van der Waals surface area contributed by atoms with Gasteiger partial charge in [-0.15, -0.1) is 11.8 Å². The van der Waals surface area contributed by atoms with E-state index in [2.05, 4.69) is 24.5 Å². The monoisotopic (exact) mass is 284 g/mol. The van der Waals surface area contributed by atoms with Gasteiger partial charge in [0.2, 0.25) is 5.91 Å². The first-order valence-corrected chi connectivity index (χ1v) is 7.25. The van der Waals surface area contributed by atoms with E-state index in [1.54, 1.807) is 11.8 Å².